The van der Waals surface area contributed by atoms with Crippen molar-refractivity contribution >= 4 is 71.3 Å². The van der Waals surface area contributed by atoms with Crippen LogP contribution in [0.1, 0.15) is 0 Å². The second-order valence-electron chi connectivity index (χ2n) is 14.5. The predicted molar refractivity (Wildman–Crippen MR) is 237 cm³/mol. The number of hydrogen-bond acceptors (Lipinski definition) is 2. The Morgan fingerprint density at radius 2 is 0.821 bits per heavy atom. The quantitative estimate of drug-likeness (QED) is 0.160. The van der Waals surface area contributed by atoms with Crippen molar-refractivity contribution < 1.29 is 4.42 Å². The van der Waals surface area contributed by atoms with Gasteiger partial charge in [0, 0.05) is 27.8 Å². The third-order valence-corrected chi connectivity index (χ3v) is 11.2. The highest BCUT2D eigenvalue weighted by Crippen LogP contribution is 2.41. The summed E-state index contributed by atoms with van der Waals surface area (Å²) in [7, 11) is 0. The number of nitrogens with zero attached hydrogens (tertiary/aromatic N) is 1. The van der Waals surface area contributed by atoms with Crippen LogP contribution in [0.5, 0.6) is 0 Å². The van der Waals surface area contributed by atoms with Crippen molar-refractivity contribution in [3.8, 4) is 33.4 Å². The molecule has 2 nitrogen and oxygen atoms in total. The fourth-order valence-corrected chi connectivity index (χ4v) is 8.44. The van der Waals surface area contributed by atoms with E-state index < -0.39 is 0 Å². The van der Waals surface area contributed by atoms with E-state index in [4.69, 9.17) is 4.42 Å². The molecule has 0 atom stereocenters. The smallest absolute Gasteiger partial charge is 0.135 e. The molecule has 11 rings (SSSR count). The van der Waals surface area contributed by atoms with Crippen LogP contribution < -0.4 is 4.90 Å². The third kappa shape index (κ3) is 5.51. The molecular weight excluding hydrogens is 679 g/mol. The third-order valence-electron chi connectivity index (χ3n) is 11.2. The van der Waals surface area contributed by atoms with Crippen molar-refractivity contribution in [2.75, 3.05) is 4.90 Å². The Morgan fingerprint density at radius 1 is 0.268 bits per heavy atom. The van der Waals surface area contributed by atoms with E-state index in [1.165, 1.54) is 54.6 Å². The maximum absolute atomic E-state index is 6.16. The van der Waals surface area contributed by atoms with Crippen LogP contribution in [-0.4, -0.2) is 0 Å². The number of furan rings is 1. The van der Waals surface area contributed by atoms with Crippen LogP contribution in [0, 0.1) is 0 Å². The molecule has 262 valence electrons. The van der Waals surface area contributed by atoms with Crippen LogP contribution in [0.3, 0.4) is 0 Å². The van der Waals surface area contributed by atoms with Gasteiger partial charge in [0.2, 0.25) is 0 Å². The molecule has 0 aliphatic rings. The van der Waals surface area contributed by atoms with Gasteiger partial charge in [-0.05, 0) is 120 Å². The largest absolute Gasteiger partial charge is 0.456 e. The van der Waals surface area contributed by atoms with Gasteiger partial charge in [0.15, 0.2) is 0 Å². The summed E-state index contributed by atoms with van der Waals surface area (Å²) in [5, 5.41) is 9.77. The Balaban J connectivity index is 0.994. The Hall–Kier alpha value is -7.42. The molecule has 0 N–H and O–H groups in total. The highest BCUT2D eigenvalue weighted by atomic mass is 16.3. The molecule has 0 aliphatic heterocycles. The van der Waals surface area contributed by atoms with Crippen molar-refractivity contribution in [2.24, 2.45) is 0 Å². The zero-order valence-electron chi connectivity index (χ0n) is 30.6. The average Bonchev–Trinajstić information content (AvgIpc) is 3.65. The maximum Gasteiger partial charge on any atom is 0.135 e. The van der Waals surface area contributed by atoms with Gasteiger partial charge in [0.05, 0.1) is 0 Å². The fraction of sp³-hybridized carbons (Fsp3) is 0. The molecule has 0 unspecified atom stereocenters. The van der Waals surface area contributed by atoms with Crippen molar-refractivity contribution in [3.05, 3.63) is 212 Å². The van der Waals surface area contributed by atoms with E-state index in [0.717, 1.165) is 50.1 Å². The molecule has 0 aliphatic carbocycles. The van der Waals surface area contributed by atoms with Crippen molar-refractivity contribution in [1.29, 1.82) is 0 Å². The van der Waals surface area contributed by atoms with Gasteiger partial charge < -0.3 is 9.32 Å². The van der Waals surface area contributed by atoms with Gasteiger partial charge in [-0.25, -0.2) is 0 Å². The van der Waals surface area contributed by atoms with Gasteiger partial charge in [-0.1, -0.05) is 158 Å². The summed E-state index contributed by atoms with van der Waals surface area (Å²) >= 11 is 0. The fourth-order valence-electron chi connectivity index (χ4n) is 8.44. The van der Waals surface area contributed by atoms with Crippen molar-refractivity contribution in [2.45, 2.75) is 0 Å². The van der Waals surface area contributed by atoms with Crippen LogP contribution in [-0.2, 0) is 0 Å². The molecule has 1 aromatic heterocycles. The van der Waals surface area contributed by atoms with E-state index in [0.29, 0.717) is 0 Å². The van der Waals surface area contributed by atoms with E-state index in [1.54, 1.807) is 0 Å². The summed E-state index contributed by atoms with van der Waals surface area (Å²) in [5.41, 5.74) is 12.2. The summed E-state index contributed by atoms with van der Waals surface area (Å²) < 4.78 is 6.16. The topological polar surface area (TPSA) is 16.4 Å². The van der Waals surface area contributed by atoms with Crippen LogP contribution in [0.15, 0.2) is 217 Å². The molecule has 0 saturated carbocycles. The van der Waals surface area contributed by atoms with Gasteiger partial charge in [0.25, 0.3) is 0 Å². The first-order valence-electron chi connectivity index (χ1n) is 19.2. The number of benzene rings is 10. The molecule has 11 aromatic rings. The van der Waals surface area contributed by atoms with Gasteiger partial charge in [-0.2, -0.15) is 0 Å². The number of anilines is 3. The van der Waals surface area contributed by atoms with Gasteiger partial charge >= 0.3 is 0 Å². The van der Waals surface area contributed by atoms with Crippen LogP contribution >= 0.6 is 0 Å². The Morgan fingerprint density at radius 3 is 1.66 bits per heavy atom. The zero-order chi connectivity index (χ0) is 37.0. The molecule has 56 heavy (non-hydrogen) atoms. The first-order valence-corrected chi connectivity index (χ1v) is 19.2. The van der Waals surface area contributed by atoms with Gasteiger partial charge in [-0.15, -0.1) is 0 Å². The second-order valence-corrected chi connectivity index (χ2v) is 14.5. The Bertz CT molecular complexity index is 3240. The van der Waals surface area contributed by atoms with Gasteiger partial charge in [0.1, 0.15) is 11.2 Å². The highest BCUT2D eigenvalue weighted by molar-refractivity contribution is 6.09. The minimum Gasteiger partial charge on any atom is -0.456 e. The number of rotatable bonds is 6. The zero-order valence-corrected chi connectivity index (χ0v) is 30.6. The Labute approximate surface area is 325 Å². The van der Waals surface area contributed by atoms with Crippen LogP contribution in [0.2, 0.25) is 0 Å². The molecule has 1 heterocycles. The monoisotopic (exact) mass is 713 g/mol. The van der Waals surface area contributed by atoms with E-state index in [9.17, 15) is 0 Å². The second kappa shape index (κ2) is 13.2. The molecule has 0 saturated heterocycles. The molecule has 0 radical (unpaired) electrons. The number of hydrogen-bond donors (Lipinski definition) is 0. The van der Waals surface area contributed by atoms with Crippen LogP contribution in [0.25, 0.3) is 87.6 Å². The molecule has 10 aromatic carbocycles. The van der Waals surface area contributed by atoms with Crippen molar-refractivity contribution in [3.63, 3.8) is 0 Å². The number of fused-ring (bicyclic) bond motifs is 7. The average molecular weight is 714 g/mol. The Kier molecular flexibility index (Phi) is 7.53. The molecule has 0 fully saturated rings. The summed E-state index contributed by atoms with van der Waals surface area (Å²) in [4.78, 5) is 2.37. The maximum atomic E-state index is 6.16. The lowest BCUT2D eigenvalue weighted by Crippen LogP contribution is -2.10. The highest BCUT2D eigenvalue weighted by Gasteiger charge is 2.16. The van der Waals surface area contributed by atoms with E-state index >= 15 is 0 Å². The minimum absolute atomic E-state index is 0.903. The summed E-state index contributed by atoms with van der Waals surface area (Å²) in [5.74, 6) is 0. The van der Waals surface area contributed by atoms with E-state index in [-0.39, 0.29) is 0 Å². The first-order chi connectivity index (χ1) is 27.7. The molecule has 0 spiro atoms. The summed E-state index contributed by atoms with van der Waals surface area (Å²) in [6, 6.07) is 76.6. The SMILES string of the molecule is c1cc(-c2ccc3oc4ccccc4c3c2)cc(N(c2ccc(-c3ccc(-c4cccc5ccccc45)cc3)cc2)c2ccc3c(ccc4ccccc43)c2)c1. The van der Waals surface area contributed by atoms with E-state index in [2.05, 4.69) is 205 Å². The van der Waals surface area contributed by atoms with Crippen molar-refractivity contribution in [1.82, 2.24) is 0 Å². The van der Waals surface area contributed by atoms with E-state index in [1.807, 2.05) is 12.1 Å². The lowest BCUT2D eigenvalue weighted by Gasteiger charge is -2.27. The standard InChI is InChI=1S/C54H35NO/c1-3-14-47-38(9-1)11-8-17-49(47)40-21-19-36(20-22-40)37-25-28-44(29-26-37)55(46-30-31-50-43(34-46)24-23-39-10-2-4-15-48(39)50)45-13-7-12-41(33-45)42-27-32-54-52(35-42)51-16-5-6-18-53(51)56-54/h1-35H. The molecular formula is C54H35NO. The lowest BCUT2D eigenvalue weighted by atomic mass is 9.96. The predicted octanol–water partition coefficient (Wildman–Crippen LogP) is 15.5. The minimum atomic E-state index is 0.903. The van der Waals surface area contributed by atoms with Gasteiger partial charge in [-0.3, -0.25) is 0 Å². The molecule has 2 heteroatoms. The summed E-state index contributed by atoms with van der Waals surface area (Å²) in [6.07, 6.45) is 0. The van der Waals surface area contributed by atoms with Crippen LogP contribution in [0.4, 0.5) is 17.1 Å². The number of para-hydroxylation sites is 1. The molecule has 0 amide bonds. The normalized spacial score (nSPS) is 11.6. The first kappa shape index (κ1) is 32.0. The molecule has 0 bridgehead atoms. The lowest BCUT2D eigenvalue weighted by molar-refractivity contribution is 0.669. The summed E-state index contributed by atoms with van der Waals surface area (Å²) in [6.45, 7) is 0.